The van der Waals surface area contributed by atoms with Crippen molar-refractivity contribution in [3.8, 4) is 10.6 Å². The summed E-state index contributed by atoms with van der Waals surface area (Å²) < 4.78 is 13.5. The van der Waals surface area contributed by atoms with Gasteiger partial charge in [-0.1, -0.05) is 13.8 Å². The maximum absolute atomic E-state index is 13.5. The lowest BCUT2D eigenvalue weighted by molar-refractivity contribution is 0.554. The van der Waals surface area contributed by atoms with Gasteiger partial charge in [0.25, 0.3) is 0 Å². The lowest BCUT2D eigenvalue weighted by atomic mass is 10.1. The first-order chi connectivity index (χ1) is 9.45. The summed E-state index contributed by atoms with van der Waals surface area (Å²) in [6.07, 6.45) is 0. The standard InChI is InChI=1S/C16H21FN2S/c1-10(2)8-18-9-15-12(4)19-16(20-15)13-5-11(3)6-14(17)7-13/h5-7,10,18H,8-9H2,1-4H3. The van der Waals surface area contributed by atoms with Crippen molar-refractivity contribution in [1.82, 2.24) is 10.3 Å². The van der Waals surface area contributed by atoms with E-state index in [0.717, 1.165) is 34.9 Å². The molecule has 0 aliphatic heterocycles. The van der Waals surface area contributed by atoms with Crippen molar-refractivity contribution in [2.24, 2.45) is 5.92 Å². The second-order valence-corrected chi connectivity index (χ2v) is 6.65. The van der Waals surface area contributed by atoms with E-state index in [9.17, 15) is 4.39 Å². The summed E-state index contributed by atoms with van der Waals surface area (Å²) >= 11 is 1.64. The molecule has 2 aromatic rings. The molecule has 1 N–H and O–H groups in total. The predicted octanol–water partition coefficient (Wildman–Crippen LogP) is 4.31. The summed E-state index contributed by atoms with van der Waals surface area (Å²) in [5.74, 6) is 0.431. The highest BCUT2D eigenvalue weighted by Gasteiger charge is 2.10. The molecule has 0 unspecified atom stereocenters. The average Bonchev–Trinajstić information content (AvgIpc) is 2.69. The van der Waals surface area contributed by atoms with Gasteiger partial charge in [-0.05, 0) is 50.1 Å². The van der Waals surface area contributed by atoms with E-state index in [-0.39, 0.29) is 5.82 Å². The first-order valence-corrected chi connectivity index (χ1v) is 7.72. The third-order valence-electron chi connectivity index (χ3n) is 3.02. The van der Waals surface area contributed by atoms with Gasteiger partial charge < -0.3 is 5.32 Å². The molecule has 0 saturated heterocycles. The zero-order valence-corrected chi connectivity index (χ0v) is 13.3. The molecule has 0 fully saturated rings. The molecule has 0 amide bonds. The summed E-state index contributed by atoms with van der Waals surface area (Å²) in [7, 11) is 0. The molecule has 20 heavy (non-hydrogen) atoms. The molecule has 0 bridgehead atoms. The Morgan fingerprint density at radius 3 is 2.65 bits per heavy atom. The van der Waals surface area contributed by atoms with E-state index in [1.807, 2.05) is 19.9 Å². The Hall–Kier alpha value is -1.26. The molecule has 2 nitrogen and oxygen atoms in total. The maximum atomic E-state index is 13.5. The Balaban J connectivity index is 2.17. The quantitative estimate of drug-likeness (QED) is 0.888. The molecule has 1 heterocycles. The lowest BCUT2D eigenvalue weighted by Crippen LogP contribution is -2.18. The van der Waals surface area contributed by atoms with Gasteiger partial charge in [0.2, 0.25) is 0 Å². The predicted molar refractivity (Wildman–Crippen MR) is 83.5 cm³/mol. The van der Waals surface area contributed by atoms with Crippen molar-refractivity contribution in [3.63, 3.8) is 0 Å². The molecule has 0 aliphatic carbocycles. The highest BCUT2D eigenvalue weighted by atomic mass is 32.1. The second kappa shape index (κ2) is 6.46. The van der Waals surface area contributed by atoms with E-state index in [4.69, 9.17) is 0 Å². The second-order valence-electron chi connectivity index (χ2n) is 5.57. The van der Waals surface area contributed by atoms with Gasteiger partial charge in [0, 0.05) is 17.0 Å². The first kappa shape index (κ1) is 15.1. The molecule has 0 radical (unpaired) electrons. The van der Waals surface area contributed by atoms with Crippen molar-refractivity contribution in [2.45, 2.75) is 34.2 Å². The highest BCUT2D eigenvalue weighted by Crippen LogP contribution is 2.29. The SMILES string of the molecule is Cc1cc(F)cc(-c2nc(C)c(CNCC(C)C)s2)c1. The van der Waals surface area contributed by atoms with Crippen LogP contribution in [0.5, 0.6) is 0 Å². The van der Waals surface area contributed by atoms with Crippen LogP contribution in [0.25, 0.3) is 10.6 Å². The van der Waals surface area contributed by atoms with Gasteiger partial charge in [-0.3, -0.25) is 0 Å². The number of aryl methyl sites for hydroxylation is 2. The third kappa shape index (κ3) is 3.87. The normalized spacial score (nSPS) is 11.3. The number of rotatable bonds is 5. The van der Waals surface area contributed by atoms with E-state index in [1.54, 1.807) is 17.4 Å². The largest absolute Gasteiger partial charge is 0.312 e. The van der Waals surface area contributed by atoms with Crippen molar-refractivity contribution < 1.29 is 4.39 Å². The van der Waals surface area contributed by atoms with E-state index in [1.165, 1.54) is 10.9 Å². The zero-order valence-electron chi connectivity index (χ0n) is 12.5. The number of hydrogen-bond donors (Lipinski definition) is 1. The summed E-state index contributed by atoms with van der Waals surface area (Å²) in [6, 6.07) is 5.07. The Bertz CT molecular complexity index is 570. The topological polar surface area (TPSA) is 24.9 Å². The van der Waals surface area contributed by atoms with Crippen molar-refractivity contribution in [1.29, 1.82) is 0 Å². The monoisotopic (exact) mass is 292 g/mol. The van der Waals surface area contributed by atoms with Gasteiger partial charge in [-0.25, -0.2) is 9.37 Å². The van der Waals surface area contributed by atoms with Gasteiger partial charge in [0.1, 0.15) is 10.8 Å². The number of halogens is 1. The first-order valence-electron chi connectivity index (χ1n) is 6.90. The Labute approximate surface area is 124 Å². The fourth-order valence-corrected chi connectivity index (χ4v) is 3.07. The number of aromatic nitrogens is 1. The number of benzene rings is 1. The molecule has 4 heteroatoms. The molecule has 0 atom stereocenters. The molecular formula is C16H21FN2S. The smallest absolute Gasteiger partial charge is 0.124 e. The van der Waals surface area contributed by atoms with Crippen LogP contribution < -0.4 is 5.32 Å². The van der Waals surface area contributed by atoms with Gasteiger partial charge in [0.05, 0.1) is 5.69 Å². The minimum Gasteiger partial charge on any atom is -0.312 e. The van der Waals surface area contributed by atoms with Crippen LogP contribution in [0.15, 0.2) is 18.2 Å². The van der Waals surface area contributed by atoms with E-state index in [2.05, 4.69) is 24.1 Å². The maximum Gasteiger partial charge on any atom is 0.124 e. The van der Waals surface area contributed by atoms with Gasteiger partial charge in [-0.15, -0.1) is 11.3 Å². The zero-order chi connectivity index (χ0) is 14.7. The number of thiazole rings is 1. The van der Waals surface area contributed by atoms with Crippen LogP contribution >= 0.6 is 11.3 Å². The Kier molecular flexibility index (Phi) is 4.89. The summed E-state index contributed by atoms with van der Waals surface area (Å²) in [4.78, 5) is 5.80. The summed E-state index contributed by atoms with van der Waals surface area (Å²) in [6.45, 7) is 10.1. The molecular weight excluding hydrogens is 271 g/mol. The number of nitrogens with zero attached hydrogens (tertiary/aromatic N) is 1. The van der Waals surface area contributed by atoms with Crippen LogP contribution in [0.2, 0.25) is 0 Å². The molecule has 0 aliphatic rings. The Morgan fingerprint density at radius 1 is 1.25 bits per heavy atom. The van der Waals surface area contributed by atoms with Crippen molar-refractivity contribution in [2.75, 3.05) is 6.54 Å². The lowest BCUT2D eigenvalue weighted by Gasteiger charge is -2.05. The highest BCUT2D eigenvalue weighted by molar-refractivity contribution is 7.15. The van der Waals surface area contributed by atoms with Crippen molar-refractivity contribution >= 4 is 11.3 Å². The average molecular weight is 292 g/mol. The van der Waals surface area contributed by atoms with Crippen molar-refractivity contribution in [3.05, 3.63) is 40.2 Å². The van der Waals surface area contributed by atoms with E-state index < -0.39 is 0 Å². The summed E-state index contributed by atoms with van der Waals surface area (Å²) in [5, 5.41) is 4.32. The Morgan fingerprint density at radius 2 is 2.00 bits per heavy atom. The molecule has 1 aromatic heterocycles. The van der Waals surface area contributed by atoms with Crippen LogP contribution in [0.4, 0.5) is 4.39 Å². The van der Waals surface area contributed by atoms with Crippen LogP contribution in [0.1, 0.15) is 30.0 Å². The van der Waals surface area contributed by atoms with Crippen LogP contribution in [0, 0.1) is 25.6 Å². The third-order valence-corrected chi connectivity index (χ3v) is 4.23. The fourth-order valence-electron chi connectivity index (χ4n) is 2.05. The van der Waals surface area contributed by atoms with Gasteiger partial charge in [-0.2, -0.15) is 0 Å². The van der Waals surface area contributed by atoms with Gasteiger partial charge in [0.15, 0.2) is 0 Å². The summed E-state index contributed by atoms with van der Waals surface area (Å²) in [5.41, 5.74) is 2.82. The van der Waals surface area contributed by atoms with Gasteiger partial charge >= 0.3 is 0 Å². The fraction of sp³-hybridized carbons (Fsp3) is 0.438. The molecule has 0 saturated carbocycles. The molecule has 2 rings (SSSR count). The van der Waals surface area contributed by atoms with Crippen LogP contribution in [0.3, 0.4) is 0 Å². The van der Waals surface area contributed by atoms with E-state index >= 15 is 0 Å². The minimum atomic E-state index is -0.202. The minimum absolute atomic E-state index is 0.202. The molecule has 1 aromatic carbocycles. The van der Waals surface area contributed by atoms with Crippen LogP contribution in [-0.4, -0.2) is 11.5 Å². The number of hydrogen-bond acceptors (Lipinski definition) is 3. The molecule has 0 spiro atoms. The van der Waals surface area contributed by atoms with Crippen LogP contribution in [-0.2, 0) is 6.54 Å². The molecule has 108 valence electrons. The van der Waals surface area contributed by atoms with E-state index in [0.29, 0.717) is 5.92 Å². The number of nitrogens with one attached hydrogen (secondary N) is 1.